The average Bonchev–Trinajstić information content (AvgIpc) is 3.23. The molecule has 4 bridgehead atoms. The highest BCUT2D eigenvalue weighted by Crippen LogP contribution is 2.59. The zero-order chi connectivity index (χ0) is 47.8. The van der Waals surface area contributed by atoms with E-state index in [9.17, 15) is 9.59 Å². The van der Waals surface area contributed by atoms with Crippen molar-refractivity contribution < 1.29 is 19.1 Å². The van der Waals surface area contributed by atoms with Crippen LogP contribution in [0.4, 0.5) is 0 Å². The van der Waals surface area contributed by atoms with E-state index in [0.717, 1.165) is 67.4 Å². The van der Waals surface area contributed by atoms with Gasteiger partial charge in [-0.1, -0.05) is 184 Å². The molecule has 0 saturated heterocycles. The number of carbonyl (C=O) groups is 2. The van der Waals surface area contributed by atoms with Gasteiger partial charge in [-0.05, 0) is 94.6 Å². The van der Waals surface area contributed by atoms with E-state index in [1.54, 1.807) is 0 Å². The molecule has 0 atom stereocenters. The molecule has 0 saturated carbocycles. The van der Waals surface area contributed by atoms with Gasteiger partial charge in [-0.15, -0.1) is 0 Å². The van der Waals surface area contributed by atoms with Crippen LogP contribution in [-0.2, 0) is 32.5 Å². The molecule has 3 aliphatic heterocycles. The highest BCUT2D eigenvalue weighted by atomic mass is 31.1. The Kier molecular flexibility index (Phi) is 10.7. The van der Waals surface area contributed by atoms with Gasteiger partial charge in [-0.25, -0.2) is 0 Å². The first-order valence-corrected chi connectivity index (χ1v) is 26.2. The Morgan fingerprint density at radius 3 is 0.803 bits per heavy atom. The lowest BCUT2D eigenvalue weighted by Gasteiger charge is -2.43. The second-order valence-electron chi connectivity index (χ2n) is 24.0. The fourth-order valence-corrected chi connectivity index (χ4v) is 14.9. The summed E-state index contributed by atoms with van der Waals surface area (Å²) in [5, 5.41) is 6.80. The third kappa shape index (κ3) is 7.51. The van der Waals surface area contributed by atoms with Gasteiger partial charge >= 0.3 is 0 Å². The van der Waals surface area contributed by atoms with Crippen LogP contribution in [0.25, 0.3) is 0 Å². The summed E-state index contributed by atoms with van der Waals surface area (Å²) >= 11 is 0. The van der Waals surface area contributed by atoms with Gasteiger partial charge in [0.2, 0.25) is 0 Å². The summed E-state index contributed by atoms with van der Waals surface area (Å²) in [6.07, 6.45) is 1.86. The lowest BCUT2D eigenvalue weighted by molar-refractivity contribution is 0.111. The fourth-order valence-electron chi connectivity index (χ4n) is 9.85. The van der Waals surface area contributed by atoms with Crippen LogP contribution in [0.2, 0.25) is 0 Å². The van der Waals surface area contributed by atoms with Crippen LogP contribution in [0.1, 0.15) is 176 Å². The molecule has 9 rings (SSSR count). The van der Waals surface area contributed by atoms with Gasteiger partial charge in [0.1, 0.15) is 35.6 Å². The minimum absolute atomic E-state index is 0.182. The summed E-state index contributed by atoms with van der Waals surface area (Å²) in [6.45, 7) is 37.2. The van der Waals surface area contributed by atoms with Gasteiger partial charge in [-0.2, -0.15) is 0 Å². The highest BCUT2D eigenvalue weighted by Gasteiger charge is 2.46. The van der Waals surface area contributed by atoms with Gasteiger partial charge in [0, 0.05) is 65.4 Å². The monoisotopic (exact) mass is 912 g/mol. The lowest BCUT2D eigenvalue weighted by Crippen LogP contribution is -2.38. The summed E-state index contributed by atoms with van der Waals surface area (Å²) in [6, 6.07) is 35.8. The van der Waals surface area contributed by atoms with E-state index in [0.29, 0.717) is 11.1 Å². The molecule has 340 valence electrons. The van der Waals surface area contributed by atoms with E-state index in [-0.39, 0.29) is 21.7 Å². The molecule has 0 fully saturated rings. The maximum atomic E-state index is 12.2. The van der Waals surface area contributed by atoms with Crippen molar-refractivity contribution in [1.29, 1.82) is 0 Å². The molecule has 0 spiro atoms. The number of carbonyl (C=O) groups excluding carboxylic acids is 2. The van der Waals surface area contributed by atoms with Crippen LogP contribution in [0.5, 0.6) is 23.0 Å². The van der Waals surface area contributed by atoms with Crippen LogP contribution < -0.4 is 41.3 Å². The van der Waals surface area contributed by atoms with Crippen molar-refractivity contribution in [2.24, 2.45) is 0 Å². The predicted molar refractivity (Wildman–Crippen MR) is 280 cm³/mol. The SMILES string of the molecule is CC(C)(C)c1cc2c3c(c1)C(C)(C)c1cc(C(C)(C)C)cc(c1O3)P(c1ccc(C=O)cc1)c1cc(C(C)(C)C)cc3c1Oc1c(cc(C(C)(C)C)cc1C3(C)C)P2c1ccc(C=O)cc1. The summed E-state index contributed by atoms with van der Waals surface area (Å²) in [5.41, 5.74) is 9.27. The van der Waals surface area contributed by atoms with Crippen molar-refractivity contribution in [1.82, 2.24) is 0 Å². The van der Waals surface area contributed by atoms with Crippen molar-refractivity contribution in [3.05, 3.63) is 153 Å². The molecule has 3 heterocycles. The molecule has 0 aromatic heterocycles. The molecule has 0 N–H and O–H groups in total. The second-order valence-corrected chi connectivity index (χ2v) is 28.3. The molecular weight excluding hydrogens is 847 g/mol. The third-order valence-electron chi connectivity index (χ3n) is 14.4. The summed E-state index contributed by atoms with van der Waals surface area (Å²) < 4.78 is 15.7. The normalized spacial score (nSPS) is 18.0. The van der Waals surface area contributed by atoms with Crippen LogP contribution in [-0.4, -0.2) is 12.6 Å². The molecular formula is C60H66O4P2. The van der Waals surface area contributed by atoms with Crippen LogP contribution in [0, 0.1) is 0 Å². The van der Waals surface area contributed by atoms with E-state index in [2.05, 4.69) is 184 Å². The lowest BCUT2D eigenvalue weighted by atomic mass is 9.72. The van der Waals surface area contributed by atoms with Crippen molar-refractivity contribution in [2.45, 2.75) is 143 Å². The first kappa shape index (κ1) is 46.2. The molecule has 6 aromatic carbocycles. The van der Waals surface area contributed by atoms with Gasteiger partial charge < -0.3 is 9.47 Å². The Labute approximate surface area is 396 Å². The summed E-state index contributed by atoms with van der Waals surface area (Å²) in [5.74, 6) is 3.60. The summed E-state index contributed by atoms with van der Waals surface area (Å²) in [7, 11) is -2.75. The van der Waals surface area contributed by atoms with Crippen LogP contribution in [0.3, 0.4) is 0 Å². The molecule has 0 amide bonds. The van der Waals surface area contributed by atoms with Crippen LogP contribution >= 0.6 is 15.8 Å². The van der Waals surface area contributed by atoms with Crippen molar-refractivity contribution in [3.63, 3.8) is 0 Å². The maximum absolute atomic E-state index is 12.2. The maximum Gasteiger partial charge on any atom is 0.150 e. The van der Waals surface area contributed by atoms with E-state index >= 15 is 0 Å². The number of benzene rings is 6. The first-order valence-electron chi connectivity index (χ1n) is 23.5. The highest BCUT2D eigenvalue weighted by molar-refractivity contribution is 7.80. The Morgan fingerprint density at radius 1 is 0.379 bits per heavy atom. The molecule has 0 radical (unpaired) electrons. The standard InChI is InChI=1S/C60H66O4P2/c1-55(2,3)37-25-43-51-47(29-37)65(41-21-17-35(33-61)18-22-41)48-30-39(57(7,8)9)27-45-53(48)64-54-46(60(45,15)16)28-40(58(10,11)12)32-50(54)66(42-23-19-36(34-62)20-24-42)49-31-38(56(4,5)6)26-44(52(49)63-51)59(43,13)14/h17-34H,1-16H3. The Balaban J connectivity index is 1.56. The Bertz CT molecular complexity index is 2630. The Morgan fingerprint density at radius 2 is 0.606 bits per heavy atom. The molecule has 3 aliphatic rings. The largest absolute Gasteiger partial charge is 0.455 e. The number of aldehydes is 2. The number of ether oxygens (including phenoxy) is 2. The second kappa shape index (κ2) is 15.3. The topological polar surface area (TPSA) is 52.6 Å². The summed E-state index contributed by atoms with van der Waals surface area (Å²) in [4.78, 5) is 24.4. The van der Waals surface area contributed by atoms with Gasteiger partial charge in [0.25, 0.3) is 0 Å². The van der Waals surface area contributed by atoms with E-state index in [4.69, 9.17) is 9.47 Å². The minimum Gasteiger partial charge on any atom is -0.455 e. The van der Waals surface area contributed by atoms with E-state index in [1.165, 1.54) is 44.5 Å². The molecule has 66 heavy (non-hydrogen) atoms. The van der Waals surface area contributed by atoms with Gasteiger partial charge in [-0.3, -0.25) is 9.59 Å². The van der Waals surface area contributed by atoms with Gasteiger partial charge in [0.15, 0.2) is 0 Å². The molecule has 0 aliphatic carbocycles. The van der Waals surface area contributed by atoms with E-state index in [1.807, 2.05) is 24.3 Å². The van der Waals surface area contributed by atoms with Gasteiger partial charge in [0.05, 0.1) is 0 Å². The van der Waals surface area contributed by atoms with Crippen LogP contribution in [0.15, 0.2) is 97.1 Å². The quantitative estimate of drug-likeness (QED) is 0.130. The van der Waals surface area contributed by atoms with E-state index < -0.39 is 26.7 Å². The third-order valence-corrected chi connectivity index (χ3v) is 19.3. The number of hydrogen-bond acceptors (Lipinski definition) is 4. The first-order chi connectivity index (χ1) is 30.6. The molecule has 4 nitrogen and oxygen atoms in total. The molecule has 0 unspecified atom stereocenters. The number of hydrogen-bond donors (Lipinski definition) is 0. The zero-order valence-corrected chi connectivity index (χ0v) is 43.7. The fraction of sp³-hybridized carbons (Fsp3) is 0.367. The minimum atomic E-state index is -1.37. The van der Waals surface area contributed by atoms with Crippen molar-refractivity contribution in [2.75, 3.05) is 0 Å². The average molecular weight is 913 g/mol. The van der Waals surface area contributed by atoms with Crippen molar-refractivity contribution >= 4 is 60.2 Å². The molecule has 6 heteroatoms. The predicted octanol–water partition coefficient (Wildman–Crippen LogP) is 13.2. The van der Waals surface area contributed by atoms with Crippen molar-refractivity contribution in [3.8, 4) is 23.0 Å². The Hall–Kier alpha value is -4.88. The zero-order valence-electron chi connectivity index (χ0n) is 41.9. The number of rotatable bonds is 4. The smallest absolute Gasteiger partial charge is 0.150 e. The molecule has 6 aromatic rings.